The SMILES string of the molecule is CC(C)Oc1cccc(CN2CC[C@]3(C[C@@H]2C)C(=O)N(CC2CCCCC2)C(=O)N3c2cccc(F)c2)c1. The highest BCUT2D eigenvalue weighted by Crippen LogP contribution is 2.43. The smallest absolute Gasteiger partial charge is 0.332 e. The Kier molecular flexibility index (Phi) is 7.75. The molecule has 2 heterocycles. The molecule has 2 atom stereocenters. The van der Waals surface area contributed by atoms with Crippen LogP contribution in [0.3, 0.4) is 0 Å². The van der Waals surface area contributed by atoms with Crippen molar-refractivity contribution in [1.29, 1.82) is 0 Å². The van der Waals surface area contributed by atoms with Crippen molar-refractivity contribution in [2.24, 2.45) is 5.92 Å². The Labute approximate surface area is 225 Å². The van der Waals surface area contributed by atoms with Gasteiger partial charge in [-0.15, -0.1) is 0 Å². The maximum atomic E-state index is 14.3. The van der Waals surface area contributed by atoms with Crippen molar-refractivity contribution in [3.8, 4) is 5.75 Å². The number of rotatable bonds is 7. The molecule has 5 rings (SSSR count). The first-order chi connectivity index (χ1) is 18.3. The molecule has 2 aliphatic heterocycles. The number of imide groups is 1. The molecular formula is C31H40FN3O3. The van der Waals surface area contributed by atoms with Gasteiger partial charge in [-0.25, -0.2) is 9.18 Å². The fraction of sp³-hybridized carbons (Fsp3) is 0.548. The summed E-state index contributed by atoms with van der Waals surface area (Å²) in [6.07, 6.45) is 6.75. The number of anilines is 1. The molecule has 0 bridgehead atoms. The second-order valence-corrected chi connectivity index (χ2v) is 11.6. The van der Waals surface area contributed by atoms with Gasteiger partial charge in [0.2, 0.25) is 0 Å². The van der Waals surface area contributed by atoms with Crippen molar-refractivity contribution >= 4 is 17.6 Å². The van der Waals surface area contributed by atoms with Gasteiger partial charge in [-0.1, -0.05) is 37.5 Å². The lowest BCUT2D eigenvalue weighted by Crippen LogP contribution is -2.59. The van der Waals surface area contributed by atoms with E-state index in [4.69, 9.17) is 4.74 Å². The molecule has 1 aliphatic carbocycles. The van der Waals surface area contributed by atoms with Crippen LogP contribution in [0.4, 0.5) is 14.9 Å². The number of piperidine rings is 1. The minimum Gasteiger partial charge on any atom is -0.491 e. The molecule has 0 radical (unpaired) electrons. The second kappa shape index (κ2) is 11.0. The lowest BCUT2D eigenvalue weighted by atomic mass is 9.81. The standard InChI is InChI=1S/C31H40FN3O3/c1-22(2)38-28-14-7-11-25(17-28)20-33-16-15-31(19-23(33)3)29(36)34(21-24-9-5-4-6-10-24)30(37)35(31)27-13-8-12-26(32)18-27/h7-8,11-14,17-18,22-24H,4-6,9-10,15-16,19-21H2,1-3H3/t23-,31-/m0/s1. The van der Waals surface area contributed by atoms with Crippen LogP contribution in [-0.2, 0) is 11.3 Å². The molecular weight excluding hydrogens is 481 g/mol. The van der Waals surface area contributed by atoms with E-state index in [9.17, 15) is 14.0 Å². The maximum absolute atomic E-state index is 14.3. The third kappa shape index (κ3) is 5.31. The van der Waals surface area contributed by atoms with Gasteiger partial charge in [0.1, 0.15) is 17.1 Å². The molecule has 0 N–H and O–H groups in total. The summed E-state index contributed by atoms with van der Waals surface area (Å²) in [5, 5.41) is 0. The fourth-order valence-corrected chi connectivity index (χ4v) is 6.62. The van der Waals surface area contributed by atoms with Gasteiger partial charge in [0.15, 0.2) is 0 Å². The van der Waals surface area contributed by atoms with Gasteiger partial charge in [-0.3, -0.25) is 19.5 Å². The summed E-state index contributed by atoms with van der Waals surface area (Å²) in [5.41, 5.74) is 0.632. The molecule has 7 heteroatoms. The van der Waals surface area contributed by atoms with Crippen molar-refractivity contribution < 1.29 is 18.7 Å². The lowest BCUT2D eigenvalue weighted by molar-refractivity contribution is -0.133. The highest BCUT2D eigenvalue weighted by molar-refractivity contribution is 6.17. The number of hydrogen-bond donors (Lipinski definition) is 0. The highest BCUT2D eigenvalue weighted by atomic mass is 19.1. The number of hydrogen-bond acceptors (Lipinski definition) is 4. The second-order valence-electron chi connectivity index (χ2n) is 11.6. The van der Waals surface area contributed by atoms with Crippen LogP contribution in [0.25, 0.3) is 0 Å². The number of likely N-dealkylation sites (tertiary alicyclic amines) is 1. The Bertz CT molecular complexity index is 1160. The molecule has 2 aromatic carbocycles. The lowest BCUT2D eigenvalue weighted by Gasteiger charge is -2.45. The van der Waals surface area contributed by atoms with Crippen LogP contribution in [-0.4, -0.2) is 52.5 Å². The van der Waals surface area contributed by atoms with Crippen molar-refractivity contribution in [1.82, 2.24) is 9.80 Å². The average Bonchev–Trinajstić information content (AvgIpc) is 3.07. The quantitative estimate of drug-likeness (QED) is 0.397. The minimum atomic E-state index is -0.988. The Morgan fingerprint density at radius 2 is 1.82 bits per heavy atom. The van der Waals surface area contributed by atoms with Gasteiger partial charge in [-0.2, -0.15) is 0 Å². The number of amides is 3. The third-order valence-corrected chi connectivity index (χ3v) is 8.45. The van der Waals surface area contributed by atoms with Crippen molar-refractivity contribution in [2.45, 2.75) is 89.9 Å². The monoisotopic (exact) mass is 521 g/mol. The highest BCUT2D eigenvalue weighted by Gasteiger charge is 2.60. The van der Waals surface area contributed by atoms with E-state index < -0.39 is 11.4 Å². The van der Waals surface area contributed by atoms with Crippen molar-refractivity contribution in [3.05, 3.63) is 59.9 Å². The number of halogens is 1. The number of nitrogens with zero attached hydrogens (tertiary/aromatic N) is 3. The predicted octanol–water partition coefficient (Wildman–Crippen LogP) is 6.39. The number of urea groups is 1. The summed E-state index contributed by atoms with van der Waals surface area (Å²) < 4.78 is 20.2. The van der Waals surface area contributed by atoms with Gasteiger partial charge in [0.05, 0.1) is 6.10 Å². The first kappa shape index (κ1) is 26.7. The molecule has 2 saturated heterocycles. The summed E-state index contributed by atoms with van der Waals surface area (Å²) in [4.78, 5) is 33.5. The van der Waals surface area contributed by atoms with Gasteiger partial charge < -0.3 is 4.74 Å². The van der Waals surface area contributed by atoms with Crippen LogP contribution in [0.15, 0.2) is 48.5 Å². The van der Waals surface area contributed by atoms with Crippen molar-refractivity contribution in [2.75, 3.05) is 18.0 Å². The van der Waals surface area contributed by atoms with E-state index in [1.807, 2.05) is 26.0 Å². The van der Waals surface area contributed by atoms with E-state index in [1.165, 1.54) is 23.5 Å². The first-order valence-electron chi connectivity index (χ1n) is 14.2. The topological polar surface area (TPSA) is 53.1 Å². The van der Waals surface area contributed by atoms with E-state index in [-0.39, 0.29) is 24.1 Å². The molecule has 1 saturated carbocycles. The first-order valence-corrected chi connectivity index (χ1v) is 14.2. The molecule has 38 heavy (non-hydrogen) atoms. The molecule has 6 nitrogen and oxygen atoms in total. The number of carbonyl (C=O) groups excluding carboxylic acids is 2. The van der Waals surface area contributed by atoms with Gasteiger partial charge >= 0.3 is 6.03 Å². The van der Waals surface area contributed by atoms with Gasteiger partial charge in [0, 0.05) is 31.4 Å². The fourth-order valence-electron chi connectivity index (χ4n) is 6.62. The van der Waals surface area contributed by atoms with Crippen LogP contribution < -0.4 is 9.64 Å². The van der Waals surface area contributed by atoms with Crippen LogP contribution in [0.5, 0.6) is 5.75 Å². The molecule has 1 spiro atoms. The normalized spacial score (nSPS) is 25.1. The van der Waals surface area contributed by atoms with Crippen LogP contribution in [0.2, 0.25) is 0 Å². The van der Waals surface area contributed by atoms with Gasteiger partial charge in [0.25, 0.3) is 5.91 Å². The molecule has 204 valence electrons. The van der Waals surface area contributed by atoms with Crippen molar-refractivity contribution in [3.63, 3.8) is 0 Å². The Hall–Kier alpha value is -2.93. The number of carbonyl (C=O) groups is 2. The summed E-state index contributed by atoms with van der Waals surface area (Å²) >= 11 is 0. The summed E-state index contributed by atoms with van der Waals surface area (Å²) in [6, 6.07) is 14.0. The van der Waals surface area contributed by atoms with Gasteiger partial charge in [-0.05, 0) is 88.3 Å². The zero-order valence-electron chi connectivity index (χ0n) is 22.9. The molecule has 0 aromatic heterocycles. The average molecular weight is 522 g/mol. The number of ether oxygens (including phenoxy) is 1. The van der Waals surface area contributed by atoms with Crippen LogP contribution in [0, 0.1) is 11.7 Å². The third-order valence-electron chi connectivity index (χ3n) is 8.45. The summed E-state index contributed by atoms with van der Waals surface area (Å²) in [5.74, 6) is 0.679. The largest absolute Gasteiger partial charge is 0.491 e. The van der Waals surface area contributed by atoms with E-state index in [1.54, 1.807) is 17.0 Å². The minimum absolute atomic E-state index is 0.0564. The molecule has 2 aromatic rings. The zero-order valence-corrected chi connectivity index (χ0v) is 22.9. The predicted molar refractivity (Wildman–Crippen MR) is 147 cm³/mol. The van der Waals surface area contributed by atoms with E-state index in [0.717, 1.165) is 43.5 Å². The maximum Gasteiger partial charge on any atom is 0.332 e. The van der Waals surface area contributed by atoms with E-state index >= 15 is 0 Å². The van der Waals surface area contributed by atoms with Crippen LogP contribution in [0.1, 0.15) is 71.3 Å². The van der Waals surface area contributed by atoms with E-state index in [2.05, 4.69) is 24.0 Å². The van der Waals surface area contributed by atoms with E-state index in [0.29, 0.717) is 37.5 Å². The Morgan fingerprint density at radius 1 is 1.05 bits per heavy atom. The molecule has 0 unspecified atom stereocenters. The summed E-state index contributed by atoms with van der Waals surface area (Å²) in [7, 11) is 0. The molecule has 3 aliphatic rings. The van der Waals surface area contributed by atoms with Crippen LogP contribution >= 0.6 is 0 Å². The molecule has 3 fully saturated rings. The molecule has 3 amide bonds. The zero-order chi connectivity index (χ0) is 26.9. The number of benzene rings is 2. The Balaban J connectivity index is 1.39. The Morgan fingerprint density at radius 3 is 2.53 bits per heavy atom. The summed E-state index contributed by atoms with van der Waals surface area (Å²) in [6.45, 7) is 8.02.